The van der Waals surface area contributed by atoms with Crippen molar-refractivity contribution in [2.24, 2.45) is 0 Å². The van der Waals surface area contributed by atoms with Gasteiger partial charge in [0, 0.05) is 18.7 Å². The van der Waals surface area contributed by atoms with E-state index >= 15 is 0 Å². The van der Waals surface area contributed by atoms with Gasteiger partial charge >= 0.3 is 5.97 Å². The van der Waals surface area contributed by atoms with Crippen LogP contribution in [0.15, 0.2) is 18.2 Å². The number of carbonyl (C=O) groups is 3. The number of ether oxygens (including phenoxy) is 2. The van der Waals surface area contributed by atoms with E-state index in [-0.39, 0.29) is 23.3 Å². The van der Waals surface area contributed by atoms with Crippen LogP contribution in [-0.4, -0.2) is 60.6 Å². The number of hydrogen-bond donors (Lipinski definition) is 2. The van der Waals surface area contributed by atoms with Crippen LogP contribution in [0, 0.1) is 3.57 Å². The molecule has 8 nitrogen and oxygen atoms in total. The minimum absolute atomic E-state index is 0.109. The molecule has 2 amide bonds. The highest BCUT2D eigenvalue weighted by Gasteiger charge is 2.34. The van der Waals surface area contributed by atoms with E-state index < -0.39 is 12.0 Å². The lowest BCUT2D eigenvalue weighted by Gasteiger charge is -2.36. The van der Waals surface area contributed by atoms with Crippen molar-refractivity contribution in [1.29, 1.82) is 0 Å². The summed E-state index contributed by atoms with van der Waals surface area (Å²) in [4.78, 5) is 39.3. The summed E-state index contributed by atoms with van der Waals surface area (Å²) in [7, 11) is 1.57. The number of rotatable bonds is 15. The summed E-state index contributed by atoms with van der Waals surface area (Å²) in [6, 6.07) is 4.23. The Morgan fingerprint density at radius 1 is 1.11 bits per heavy atom. The number of nitrogens with zero attached hydrogens (tertiary/aromatic N) is 1. The average Bonchev–Trinajstić information content (AvgIpc) is 2.88. The lowest BCUT2D eigenvalue weighted by Crippen LogP contribution is -2.60. The van der Waals surface area contributed by atoms with E-state index in [2.05, 4.69) is 40.1 Å². The van der Waals surface area contributed by atoms with Gasteiger partial charge in [-0.1, -0.05) is 64.7 Å². The van der Waals surface area contributed by atoms with Crippen LogP contribution in [0.5, 0.6) is 5.75 Å². The molecule has 1 heterocycles. The van der Waals surface area contributed by atoms with Crippen LogP contribution >= 0.6 is 34.8 Å². The van der Waals surface area contributed by atoms with Gasteiger partial charge in [0.1, 0.15) is 11.8 Å². The highest BCUT2D eigenvalue weighted by atomic mass is 127. The van der Waals surface area contributed by atoms with Crippen molar-refractivity contribution in [3.8, 4) is 5.75 Å². The predicted octanol–water partition coefficient (Wildman–Crippen LogP) is 4.97. The first-order valence-corrected chi connectivity index (χ1v) is 14.7. The van der Waals surface area contributed by atoms with Crippen molar-refractivity contribution in [3.05, 3.63) is 27.3 Å². The van der Waals surface area contributed by atoms with Crippen molar-refractivity contribution in [2.45, 2.75) is 83.6 Å². The quantitative estimate of drug-likeness (QED) is 0.120. The molecule has 1 fully saturated rings. The Balaban J connectivity index is 1.75. The maximum atomic E-state index is 12.7. The third-order valence-electron chi connectivity index (χ3n) is 6.35. The molecular weight excluding hydrogens is 605 g/mol. The fourth-order valence-corrected chi connectivity index (χ4v) is 5.25. The fraction of sp³-hybridized carbons (Fsp3) is 0.630. The monoisotopic (exact) mass is 645 g/mol. The number of nitrogens with one attached hydrogen (secondary N) is 2. The number of piperazine rings is 1. The summed E-state index contributed by atoms with van der Waals surface area (Å²) in [5.41, 5.74) is 0.418. The van der Waals surface area contributed by atoms with Crippen LogP contribution in [0.1, 0.15) is 87.9 Å². The zero-order chi connectivity index (χ0) is 27.0. The summed E-state index contributed by atoms with van der Waals surface area (Å²) >= 11 is 7.53. The maximum Gasteiger partial charge on any atom is 0.308 e. The Labute approximate surface area is 239 Å². The minimum atomic E-state index is -0.822. The Kier molecular flexibility index (Phi) is 14.8. The lowest BCUT2D eigenvalue weighted by atomic mass is 10.1. The molecule has 1 atom stereocenters. The number of hydrogen-bond acceptors (Lipinski definition) is 6. The average molecular weight is 646 g/mol. The van der Waals surface area contributed by atoms with E-state index in [1.807, 2.05) is 0 Å². The number of benzene rings is 1. The van der Waals surface area contributed by atoms with E-state index in [0.29, 0.717) is 31.0 Å². The molecule has 1 aliphatic rings. The molecule has 0 spiro atoms. The molecule has 206 valence electrons. The Hall–Kier alpha value is -1.95. The summed E-state index contributed by atoms with van der Waals surface area (Å²) < 4.78 is 11.4. The predicted molar refractivity (Wildman–Crippen MR) is 157 cm³/mol. The summed E-state index contributed by atoms with van der Waals surface area (Å²) in [6.07, 6.45) is 11.9. The highest BCUT2D eigenvalue weighted by Crippen LogP contribution is 2.21. The molecule has 0 radical (unpaired) electrons. The zero-order valence-corrected chi connectivity index (χ0v) is 25.0. The Morgan fingerprint density at radius 2 is 1.76 bits per heavy atom. The van der Waals surface area contributed by atoms with Crippen molar-refractivity contribution in [3.63, 3.8) is 0 Å². The van der Waals surface area contributed by atoms with Crippen LogP contribution in [-0.2, 0) is 14.3 Å². The van der Waals surface area contributed by atoms with Crippen molar-refractivity contribution in [2.75, 3.05) is 26.8 Å². The molecule has 1 aromatic carbocycles. The largest absolute Gasteiger partial charge is 0.496 e. The van der Waals surface area contributed by atoms with Crippen LogP contribution in [0.2, 0.25) is 0 Å². The summed E-state index contributed by atoms with van der Waals surface area (Å²) in [5.74, 6) is -0.470. The highest BCUT2D eigenvalue weighted by molar-refractivity contribution is 14.1. The molecule has 1 saturated heterocycles. The molecule has 0 bridgehead atoms. The molecule has 10 heteroatoms. The van der Waals surface area contributed by atoms with Gasteiger partial charge in [-0.15, -0.1) is 0 Å². The second-order valence-corrected chi connectivity index (χ2v) is 10.8. The lowest BCUT2D eigenvalue weighted by molar-refractivity contribution is -0.147. The molecular formula is C27H40IN3O5S. The van der Waals surface area contributed by atoms with Gasteiger partial charge in [0.15, 0.2) is 5.11 Å². The van der Waals surface area contributed by atoms with Gasteiger partial charge in [-0.25, -0.2) is 0 Å². The van der Waals surface area contributed by atoms with Gasteiger partial charge in [-0.3, -0.25) is 19.7 Å². The van der Waals surface area contributed by atoms with Crippen molar-refractivity contribution in [1.82, 2.24) is 15.5 Å². The van der Waals surface area contributed by atoms with Gasteiger partial charge in [-0.2, -0.15) is 0 Å². The topological polar surface area (TPSA) is 97.0 Å². The van der Waals surface area contributed by atoms with Crippen LogP contribution in [0.25, 0.3) is 0 Å². The van der Waals surface area contributed by atoms with Crippen LogP contribution in [0.3, 0.4) is 0 Å². The molecule has 0 saturated carbocycles. The van der Waals surface area contributed by atoms with E-state index in [9.17, 15) is 14.4 Å². The molecule has 1 unspecified atom stereocenters. The number of carbonyl (C=O) groups excluding carboxylic acids is 3. The first-order chi connectivity index (χ1) is 17.9. The first kappa shape index (κ1) is 31.3. The normalized spacial score (nSPS) is 15.2. The van der Waals surface area contributed by atoms with Crippen molar-refractivity contribution < 1.29 is 23.9 Å². The minimum Gasteiger partial charge on any atom is -0.496 e. The molecule has 37 heavy (non-hydrogen) atoms. The molecule has 2 N–H and O–H groups in total. The number of methoxy groups -OCH3 is 1. The number of thiocarbonyl (C=S) groups is 1. The van der Waals surface area contributed by atoms with E-state index in [1.54, 1.807) is 30.2 Å². The second-order valence-electron chi connectivity index (χ2n) is 9.22. The van der Waals surface area contributed by atoms with E-state index in [1.165, 1.54) is 44.9 Å². The molecule has 2 rings (SSSR count). The third-order valence-corrected chi connectivity index (χ3v) is 7.53. The third kappa shape index (κ3) is 11.1. The van der Waals surface area contributed by atoms with Gasteiger partial charge in [0.05, 0.1) is 23.7 Å². The van der Waals surface area contributed by atoms with Crippen LogP contribution < -0.4 is 15.4 Å². The summed E-state index contributed by atoms with van der Waals surface area (Å²) in [6.45, 7) is 3.34. The number of esters is 1. The molecule has 0 aromatic heterocycles. The van der Waals surface area contributed by atoms with Crippen molar-refractivity contribution >= 4 is 57.7 Å². The Morgan fingerprint density at radius 3 is 2.38 bits per heavy atom. The SMILES string of the molecule is CCCCCCCCCCCCOC(=O)CC1C(=O)NCCN1C(=S)NC(=O)c1ccc(OC)c(I)c1. The fourth-order valence-electron chi connectivity index (χ4n) is 4.20. The van der Waals surface area contributed by atoms with Gasteiger partial charge in [-0.05, 0) is 59.4 Å². The summed E-state index contributed by atoms with van der Waals surface area (Å²) in [5, 5.41) is 5.56. The van der Waals surface area contributed by atoms with Crippen LogP contribution in [0.4, 0.5) is 0 Å². The van der Waals surface area contributed by atoms with E-state index in [4.69, 9.17) is 21.7 Å². The second kappa shape index (κ2) is 17.5. The molecule has 1 aromatic rings. The number of unbranched alkanes of at least 4 members (excludes halogenated alkanes) is 9. The number of halogens is 1. The maximum absolute atomic E-state index is 12.7. The smallest absolute Gasteiger partial charge is 0.308 e. The molecule has 1 aliphatic heterocycles. The van der Waals surface area contributed by atoms with Gasteiger partial charge in [0.2, 0.25) is 5.91 Å². The standard InChI is InChI=1S/C27H40IN3O5S/c1-3-4-5-6-7-8-9-10-11-12-17-36-24(32)19-22-26(34)29-15-16-31(22)27(37)30-25(33)20-13-14-23(35-2)21(28)18-20/h13-14,18,22H,3-12,15-17,19H2,1-2H3,(H,29,34)(H,30,33,37). The Bertz CT molecular complexity index is 914. The molecule has 0 aliphatic carbocycles. The van der Waals surface area contributed by atoms with Gasteiger partial charge in [0.25, 0.3) is 5.91 Å². The zero-order valence-electron chi connectivity index (χ0n) is 22.0. The van der Waals surface area contributed by atoms with E-state index in [0.717, 1.165) is 22.8 Å². The number of amides is 2. The van der Waals surface area contributed by atoms with Gasteiger partial charge < -0.3 is 19.7 Å². The first-order valence-electron chi connectivity index (χ1n) is 13.3.